The Hall–Kier alpha value is -4.18. The predicted molar refractivity (Wildman–Crippen MR) is 166 cm³/mol. The molecule has 4 nitrogen and oxygen atoms in total. The number of rotatable bonds is 2. The molecule has 0 saturated heterocycles. The molecule has 4 heterocycles. The van der Waals surface area contributed by atoms with Gasteiger partial charge in [0.05, 0.1) is 5.52 Å². The van der Waals surface area contributed by atoms with Crippen LogP contribution >= 0.6 is 0 Å². The standard InChI is InChI=1S/C22H15N3.C14H14N.Ir/c1-23-11-12-24(14-23)15-9-10-17-19-7-4-6-18-16-5-2-3-8-20(16)25(22(18)19)21(17)13-15;1-10-4-6-13(7-5-10)14-8-11(2)12(3)9-15-14;/h2-8,10-14H,1H3;4-6,8-9H,1-3H3;/q-2;-1;+3. The topological polar surface area (TPSA) is 23.8 Å². The molecule has 0 aliphatic carbocycles. The first-order chi connectivity index (χ1) is 19.5. The van der Waals surface area contributed by atoms with Crippen molar-refractivity contribution in [3.05, 3.63) is 133 Å². The molecular weight excluding hydrogens is 681 g/mol. The van der Waals surface area contributed by atoms with Crippen LogP contribution in [0.25, 0.3) is 49.4 Å². The van der Waals surface area contributed by atoms with E-state index in [-0.39, 0.29) is 20.1 Å². The summed E-state index contributed by atoms with van der Waals surface area (Å²) in [5, 5.41) is 5.18. The maximum atomic E-state index is 4.41. The minimum absolute atomic E-state index is 0. The number of pyridine rings is 1. The number of aryl methyl sites for hydroxylation is 3. The Morgan fingerprint density at radius 1 is 0.732 bits per heavy atom. The van der Waals surface area contributed by atoms with Gasteiger partial charge in [-0.2, -0.15) is 18.8 Å². The zero-order valence-electron chi connectivity index (χ0n) is 23.4. The van der Waals surface area contributed by atoms with Crippen molar-refractivity contribution in [3.8, 4) is 11.3 Å². The van der Waals surface area contributed by atoms with Crippen LogP contribution in [0.2, 0.25) is 0 Å². The average molecular weight is 710 g/mol. The van der Waals surface area contributed by atoms with Gasteiger partial charge in [-0.15, -0.1) is 52.5 Å². The van der Waals surface area contributed by atoms with Crippen LogP contribution in [0.5, 0.6) is 0 Å². The first-order valence-corrected chi connectivity index (χ1v) is 13.5. The van der Waals surface area contributed by atoms with Gasteiger partial charge in [0.15, 0.2) is 0 Å². The Balaban J connectivity index is 0.000000164. The maximum absolute atomic E-state index is 4.41. The molecule has 8 rings (SSSR count). The van der Waals surface area contributed by atoms with E-state index in [1.165, 1.54) is 54.8 Å². The van der Waals surface area contributed by atoms with Gasteiger partial charge in [-0.05, 0) is 56.0 Å². The van der Waals surface area contributed by atoms with Crippen molar-refractivity contribution in [3.63, 3.8) is 0 Å². The fourth-order valence-corrected chi connectivity index (χ4v) is 5.53. The number of anilines is 1. The van der Waals surface area contributed by atoms with Gasteiger partial charge >= 0.3 is 20.1 Å². The summed E-state index contributed by atoms with van der Waals surface area (Å²) in [6.45, 7) is 8.30. The molecule has 3 aromatic heterocycles. The summed E-state index contributed by atoms with van der Waals surface area (Å²) >= 11 is 0. The van der Waals surface area contributed by atoms with Gasteiger partial charge in [-0.1, -0.05) is 60.5 Å². The molecule has 0 amide bonds. The molecule has 202 valence electrons. The fourth-order valence-electron chi connectivity index (χ4n) is 5.53. The van der Waals surface area contributed by atoms with Gasteiger partial charge in [-0.25, -0.2) is 0 Å². The van der Waals surface area contributed by atoms with E-state index in [2.05, 4.69) is 133 Å². The molecule has 0 saturated carbocycles. The van der Waals surface area contributed by atoms with E-state index in [1.807, 2.05) is 30.4 Å². The number of nitrogens with zero attached hydrogens (tertiary/aromatic N) is 4. The molecule has 0 radical (unpaired) electrons. The van der Waals surface area contributed by atoms with E-state index in [9.17, 15) is 0 Å². The third-order valence-corrected chi connectivity index (χ3v) is 7.80. The van der Waals surface area contributed by atoms with Gasteiger partial charge in [0.25, 0.3) is 0 Å². The Labute approximate surface area is 254 Å². The zero-order chi connectivity index (χ0) is 27.4. The van der Waals surface area contributed by atoms with Gasteiger partial charge in [0, 0.05) is 22.5 Å². The molecular formula is C36H29IrN4. The van der Waals surface area contributed by atoms with Crippen LogP contribution < -0.4 is 4.90 Å². The molecule has 0 fully saturated rings. The van der Waals surface area contributed by atoms with Crippen LogP contribution in [0.3, 0.4) is 0 Å². The van der Waals surface area contributed by atoms with Crippen molar-refractivity contribution in [1.82, 2.24) is 14.3 Å². The summed E-state index contributed by atoms with van der Waals surface area (Å²) in [5.41, 5.74) is 10.6. The number of aromatic nitrogens is 2. The van der Waals surface area contributed by atoms with Crippen molar-refractivity contribution in [1.29, 1.82) is 0 Å². The van der Waals surface area contributed by atoms with Crippen molar-refractivity contribution in [2.75, 3.05) is 11.9 Å². The van der Waals surface area contributed by atoms with E-state index >= 15 is 0 Å². The predicted octanol–water partition coefficient (Wildman–Crippen LogP) is 8.45. The summed E-state index contributed by atoms with van der Waals surface area (Å²) in [6.07, 6.45) is 6.01. The van der Waals surface area contributed by atoms with Crippen LogP contribution in [0.4, 0.5) is 5.69 Å². The number of hydrogen-bond donors (Lipinski definition) is 0. The summed E-state index contributed by atoms with van der Waals surface area (Å²) in [7, 11) is 2.03. The Morgan fingerprint density at radius 2 is 1.51 bits per heavy atom. The fraction of sp³-hybridized carbons (Fsp3) is 0.111. The van der Waals surface area contributed by atoms with Crippen LogP contribution in [-0.2, 0) is 20.1 Å². The molecule has 0 unspecified atom stereocenters. The number of benzene rings is 4. The third-order valence-electron chi connectivity index (χ3n) is 7.80. The first-order valence-electron chi connectivity index (χ1n) is 13.5. The molecule has 0 spiro atoms. The van der Waals surface area contributed by atoms with Crippen LogP contribution in [-0.4, -0.2) is 21.3 Å². The summed E-state index contributed by atoms with van der Waals surface area (Å²) in [4.78, 5) is 8.55. The van der Waals surface area contributed by atoms with Gasteiger partial charge in [-0.3, -0.25) is 0 Å². The minimum atomic E-state index is 0. The van der Waals surface area contributed by atoms with Crippen LogP contribution in [0.1, 0.15) is 16.7 Å². The minimum Gasteiger partial charge on any atom is -0.510 e. The van der Waals surface area contributed by atoms with E-state index in [0.717, 1.165) is 16.9 Å². The molecule has 41 heavy (non-hydrogen) atoms. The molecule has 7 aromatic rings. The SMILES string of the molecule is CN1C=CN(c2[c-]cc3c4cccc5c6ccccc6n(c3c2)c54)[CH-]1.Cc1c[c-]c(-c2cc(C)c(C)cn2)cc1.[Ir+3]. The smallest absolute Gasteiger partial charge is 0.510 e. The van der Waals surface area contributed by atoms with E-state index in [1.54, 1.807) is 0 Å². The van der Waals surface area contributed by atoms with Gasteiger partial charge in [0.2, 0.25) is 0 Å². The molecule has 5 heteroatoms. The Morgan fingerprint density at radius 3 is 2.24 bits per heavy atom. The van der Waals surface area contributed by atoms with E-state index in [0.29, 0.717) is 0 Å². The zero-order valence-corrected chi connectivity index (χ0v) is 25.8. The molecule has 4 aromatic carbocycles. The molecule has 0 bridgehead atoms. The van der Waals surface area contributed by atoms with E-state index < -0.39 is 0 Å². The Bertz CT molecular complexity index is 2040. The average Bonchev–Trinajstić information content (AvgIpc) is 3.66. The number of para-hydroxylation sites is 2. The second-order valence-corrected chi connectivity index (χ2v) is 10.6. The van der Waals surface area contributed by atoms with Crippen molar-refractivity contribution in [2.45, 2.75) is 20.8 Å². The van der Waals surface area contributed by atoms with Crippen LogP contribution in [0.15, 0.2) is 97.5 Å². The molecule has 0 N–H and O–H groups in total. The quantitative estimate of drug-likeness (QED) is 0.169. The van der Waals surface area contributed by atoms with Gasteiger partial charge in [0.1, 0.15) is 0 Å². The first kappa shape index (κ1) is 27.0. The normalized spacial score (nSPS) is 12.9. The van der Waals surface area contributed by atoms with Crippen LogP contribution in [0, 0.1) is 39.6 Å². The molecule has 0 atom stereocenters. The van der Waals surface area contributed by atoms with Crippen molar-refractivity contribution in [2.24, 2.45) is 0 Å². The molecule has 1 aliphatic heterocycles. The van der Waals surface area contributed by atoms with Gasteiger partial charge < -0.3 is 19.2 Å². The van der Waals surface area contributed by atoms with Crippen molar-refractivity contribution < 1.29 is 20.1 Å². The summed E-state index contributed by atoms with van der Waals surface area (Å²) < 4.78 is 2.40. The number of fused-ring (bicyclic) bond motifs is 6. The third kappa shape index (κ3) is 4.65. The van der Waals surface area contributed by atoms with E-state index in [4.69, 9.17) is 0 Å². The largest absolute Gasteiger partial charge is 3.00 e. The summed E-state index contributed by atoms with van der Waals surface area (Å²) in [6, 6.07) is 34.5. The second-order valence-electron chi connectivity index (χ2n) is 10.6. The molecule has 1 aliphatic rings. The Kier molecular flexibility index (Phi) is 7.02. The van der Waals surface area contributed by atoms with Crippen molar-refractivity contribution >= 4 is 43.8 Å². The summed E-state index contributed by atoms with van der Waals surface area (Å²) in [5.74, 6) is 0. The number of hydrogen-bond acceptors (Lipinski definition) is 3. The second kappa shape index (κ2) is 10.7. The maximum Gasteiger partial charge on any atom is 3.00 e. The monoisotopic (exact) mass is 710 g/mol.